The summed E-state index contributed by atoms with van der Waals surface area (Å²) in [5.74, 6) is 0.700. The number of hydrazone groups is 1. The summed E-state index contributed by atoms with van der Waals surface area (Å²) in [5.41, 5.74) is 3.88. The fraction of sp³-hybridized carbons (Fsp3) is 0.286. The van der Waals surface area contributed by atoms with Crippen LogP contribution in [0.4, 0.5) is 5.69 Å². The van der Waals surface area contributed by atoms with Crippen LogP contribution in [-0.4, -0.2) is 31.2 Å². The van der Waals surface area contributed by atoms with Crippen LogP contribution in [0.25, 0.3) is 0 Å². The van der Waals surface area contributed by atoms with E-state index in [0.717, 1.165) is 9.13 Å². The van der Waals surface area contributed by atoms with Gasteiger partial charge in [0.1, 0.15) is 0 Å². The standard InChI is InChI=1S/C21H24IN3O4/c1-14(2)29-21-17(22)11-15(12-18(21)28-3)13-23-25-20(27)10-9-19(26)24-16-7-5-4-6-8-16/h4-8,11-14H,9-10H2,1-3H3,(H,24,26)(H,25,27). The minimum absolute atomic E-state index is 0.0234. The molecule has 0 aromatic heterocycles. The van der Waals surface area contributed by atoms with Crippen molar-refractivity contribution in [3.63, 3.8) is 0 Å². The number of halogens is 1. The van der Waals surface area contributed by atoms with Gasteiger partial charge in [0.05, 0.1) is 23.0 Å². The summed E-state index contributed by atoms with van der Waals surface area (Å²) in [5, 5.41) is 6.69. The number of anilines is 1. The van der Waals surface area contributed by atoms with Crippen LogP contribution in [0, 0.1) is 3.57 Å². The highest BCUT2D eigenvalue weighted by Crippen LogP contribution is 2.34. The summed E-state index contributed by atoms with van der Waals surface area (Å²) in [6.07, 6.45) is 1.66. The van der Waals surface area contributed by atoms with E-state index in [9.17, 15) is 9.59 Å². The van der Waals surface area contributed by atoms with Gasteiger partial charge in [0.25, 0.3) is 0 Å². The predicted octanol–water partition coefficient (Wildman–Crippen LogP) is 3.96. The minimum Gasteiger partial charge on any atom is -0.493 e. The van der Waals surface area contributed by atoms with E-state index in [1.54, 1.807) is 25.3 Å². The highest BCUT2D eigenvalue weighted by molar-refractivity contribution is 14.1. The molecule has 0 unspecified atom stereocenters. The Morgan fingerprint density at radius 2 is 1.83 bits per heavy atom. The lowest BCUT2D eigenvalue weighted by Crippen LogP contribution is -2.20. The Morgan fingerprint density at radius 3 is 2.48 bits per heavy atom. The third-order valence-corrected chi connectivity index (χ3v) is 4.45. The number of nitrogens with one attached hydrogen (secondary N) is 2. The first-order chi connectivity index (χ1) is 13.9. The van der Waals surface area contributed by atoms with Crippen LogP contribution >= 0.6 is 22.6 Å². The molecule has 29 heavy (non-hydrogen) atoms. The van der Waals surface area contributed by atoms with Gasteiger partial charge in [-0.05, 0) is 66.3 Å². The Labute approximate surface area is 184 Å². The van der Waals surface area contributed by atoms with Crippen molar-refractivity contribution in [3.8, 4) is 11.5 Å². The number of methoxy groups -OCH3 is 1. The van der Waals surface area contributed by atoms with E-state index in [1.807, 2.05) is 38.1 Å². The lowest BCUT2D eigenvalue weighted by molar-refractivity contribution is -0.124. The van der Waals surface area contributed by atoms with Gasteiger partial charge in [-0.1, -0.05) is 18.2 Å². The Kier molecular flexibility index (Phi) is 8.91. The van der Waals surface area contributed by atoms with Crippen LogP contribution in [0.3, 0.4) is 0 Å². The average molecular weight is 509 g/mol. The quantitative estimate of drug-likeness (QED) is 0.305. The van der Waals surface area contributed by atoms with Crippen molar-refractivity contribution in [1.82, 2.24) is 5.43 Å². The Balaban J connectivity index is 1.86. The molecule has 0 radical (unpaired) electrons. The molecule has 0 aliphatic rings. The van der Waals surface area contributed by atoms with Crippen LogP contribution in [0.2, 0.25) is 0 Å². The molecule has 8 heteroatoms. The van der Waals surface area contributed by atoms with Crippen molar-refractivity contribution in [2.45, 2.75) is 32.8 Å². The van der Waals surface area contributed by atoms with E-state index >= 15 is 0 Å². The van der Waals surface area contributed by atoms with E-state index in [1.165, 1.54) is 6.21 Å². The van der Waals surface area contributed by atoms with Crippen molar-refractivity contribution in [1.29, 1.82) is 0 Å². The van der Waals surface area contributed by atoms with Crippen molar-refractivity contribution in [2.75, 3.05) is 12.4 Å². The lowest BCUT2D eigenvalue weighted by Gasteiger charge is -2.15. The van der Waals surface area contributed by atoms with Crippen LogP contribution < -0.4 is 20.2 Å². The maximum Gasteiger partial charge on any atom is 0.240 e. The molecular weight excluding hydrogens is 485 g/mol. The largest absolute Gasteiger partial charge is 0.493 e. The molecule has 0 saturated heterocycles. The monoisotopic (exact) mass is 509 g/mol. The maximum absolute atomic E-state index is 11.9. The molecule has 154 valence electrons. The van der Waals surface area contributed by atoms with E-state index in [4.69, 9.17) is 9.47 Å². The first-order valence-electron chi connectivity index (χ1n) is 9.10. The second-order valence-electron chi connectivity index (χ2n) is 6.41. The molecule has 0 aliphatic carbocycles. The number of amides is 2. The molecular formula is C21H24IN3O4. The van der Waals surface area contributed by atoms with Gasteiger partial charge >= 0.3 is 0 Å². The second-order valence-corrected chi connectivity index (χ2v) is 7.57. The molecule has 7 nitrogen and oxygen atoms in total. The topological polar surface area (TPSA) is 89.0 Å². The minimum atomic E-state index is -0.342. The summed E-state index contributed by atoms with van der Waals surface area (Å²) in [4.78, 5) is 23.8. The molecule has 0 heterocycles. The number of hydrogen-bond donors (Lipinski definition) is 2. The number of hydrogen-bond acceptors (Lipinski definition) is 5. The summed E-state index contributed by atoms with van der Waals surface area (Å²) < 4.78 is 12.0. The molecule has 2 aromatic rings. The van der Waals surface area contributed by atoms with Gasteiger partial charge in [0.15, 0.2) is 11.5 Å². The predicted molar refractivity (Wildman–Crippen MR) is 122 cm³/mol. The van der Waals surface area contributed by atoms with Gasteiger partial charge in [-0.25, -0.2) is 5.43 Å². The van der Waals surface area contributed by atoms with Crippen LogP contribution in [0.1, 0.15) is 32.3 Å². The SMILES string of the molecule is COc1cc(C=NNC(=O)CCC(=O)Nc2ccccc2)cc(I)c1OC(C)C. The third kappa shape index (κ3) is 7.72. The molecule has 0 saturated carbocycles. The summed E-state index contributed by atoms with van der Waals surface area (Å²) in [6.45, 7) is 3.89. The van der Waals surface area contributed by atoms with Gasteiger partial charge in [-0.15, -0.1) is 0 Å². The summed E-state index contributed by atoms with van der Waals surface area (Å²) in [7, 11) is 1.57. The second kappa shape index (κ2) is 11.4. The average Bonchev–Trinajstić information content (AvgIpc) is 2.68. The first kappa shape index (κ1) is 22.7. The molecule has 0 fully saturated rings. The van der Waals surface area contributed by atoms with Crippen molar-refractivity contribution in [3.05, 3.63) is 51.6 Å². The molecule has 0 spiro atoms. The fourth-order valence-electron chi connectivity index (χ4n) is 2.37. The molecule has 2 rings (SSSR count). The number of carbonyl (C=O) groups is 2. The number of rotatable bonds is 9. The Hall–Kier alpha value is -2.62. The van der Waals surface area contributed by atoms with E-state index in [2.05, 4.69) is 38.4 Å². The molecule has 2 aromatic carbocycles. The van der Waals surface area contributed by atoms with Crippen molar-refractivity contribution in [2.24, 2.45) is 5.10 Å². The smallest absolute Gasteiger partial charge is 0.240 e. The van der Waals surface area contributed by atoms with E-state index in [-0.39, 0.29) is 30.8 Å². The number of benzene rings is 2. The van der Waals surface area contributed by atoms with Gasteiger partial charge in [0.2, 0.25) is 11.8 Å². The third-order valence-electron chi connectivity index (χ3n) is 3.64. The van der Waals surface area contributed by atoms with Gasteiger partial charge in [-0.2, -0.15) is 5.10 Å². The van der Waals surface area contributed by atoms with Crippen LogP contribution in [0.5, 0.6) is 11.5 Å². The Morgan fingerprint density at radius 1 is 1.14 bits per heavy atom. The van der Waals surface area contributed by atoms with Crippen molar-refractivity contribution >= 4 is 46.3 Å². The normalized spacial score (nSPS) is 10.8. The highest BCUT2D eigenvalue weighted by Gasteiger charge is 2.12. The maximum atomic E-state index is 11.9. The molecule has 2 N–H and O–H groups in total. The fourth-order valence-corrected chi connectivity index (χ4v) is 3.12. The van der Waals surface area contributed by atoms with Gasteiger partial charge < -0.3 is 14.8 Å². The number of ether oxygens (including phenoxy) is 2. The van der Waals surface area contributed by atoms with Crippen LogP contribution in [-0.2, 0) is 9.59 Å². The van der Waals surface area contributed by atoms with Gasteiger partial charge in [0, 0.05) is 18.5 Å². The van der Waals surface area contributed by atoms with Gasteiger partial charge in [-0.3, -0.25) is 9.59 Å². The molecule has 0 bridgehead atoms. The molecule has 0 aliphatic heterocycles. The van der Waals surface area contributed by atoms with Crippen LogP contribution in [0.15, 0.2) is 47.6 Å². The van der Waals surface area contributed by atoms with E-state index < -0.39 is 0 Å². The zero-order valence-corrected chi connectivity index (χ0v) is 18.7. The molecule has 0 atom stereocenters. The first-order valence-corrected chi connectivity index (χ1v) is 10.2. The lowest BCUT2D eigenvalue weighted by atomic mass is 10.2. The van der Waals surface area contributed by atoms with Crippen molar-refractivity contribution < 1.29 is 19.1 Å². The number of carbonyl (C=O) groups excluding carboxylic acids is 2. The summed E-state index contributed by atoms with van der Waals surface area (Å²) in [6, 6.07) is 12.8. The number of para-hydroxylation sites is 1. The van der Waals surface area contributed by atoms with E-state index in [0.29, 0.717) is 17.2 Å². The Bertz CT molecular complexity index is 870. The number of nitrogens with zero attached hydrogens (tertiary/aromatic N) is 1. The highest BCUT2D eigenvalue weighted by atomic mass is 127. The zero-order valence-electron chi connectivity index (χ0n) is 16.6. The summed E-state index contributed by atoms with van der Waals surface area (Å²) >= 11 is 2.16. The zero-order chi connectivity index (χ0) is 21.2. The molecule has 2 amide bonds.